The van der Waals surface area contributed by atoms with Gasteiger partial charge in [0.15, 0.2) is 9.84 Å². The van der Waals surface area contributed by atoms with Crippen LogP contribution >= 0.6 is 38.9 Å². The number of aryl methyl sites for hydroxylation is 1. The van der Waals surface area contributed by atoms with Crippen molar-refractivity contribution in [2.75, 3.05) is 6.26 Å². The summed E-state index contributed by atoms with van der Waals surface area (Å²) in [4.78, 5) is 0.763. The number of hydrogen-bond acceptors (Lipinski definition) is 3. The van der Waals surface area contributed by atoms with Crippen LogP contribution in [0.3, 0.4) is 0 Å². The van der Waals surface area contributed by atoms with Crippen molar-refractivity contribution in [1.29, 1.82) is 0 Å². The third-order valence-electron chi connectivity index (χ3n) is 2.24. The molecule has 2 unspecified atom stereocenters. The Morgan fingerprint density at radius 1 is 1.53 bits per heavy atom. The van der Waals surface area contributed by atoms with Gasteiger partial charge >= 0.3 is 0 Å². The second-order valence-corrected chi connectivity index (χ2v) is 8.62. The minimum Gasteiger partial charge on any atom is -0.229 e. The van der Waals surface area contributed by atoms with Crippen LogP contribution < -0.4 is 0 Å². The molecule has 1 aromatic heterocycles. The first-order chi connectivity index (χ1) is 6.73. The number of alkyl halides is 1. The van der Waals surface area contributed by atoms with Gasteiger partial charge in [0.1, 0.15) is 0 Å². The first kappa shape index (κ1) is 13.5. The van der Waals surface area contributed by atoms with Gasteiger partial charge in [-0.1, -0.05) is 27.5 Å². The number of sulfone groups is 1. The second kappa shape index (κ2) is 4.73. The molecule has 15 heavy (non-hydrogen) atoms. The van der Waals surface area contributed by atoms with Crippen molar-refractivity contribution < 1.29 is 8.42 Å². The zero-order valence-corrected chi connectivity index (χ0v) is 12.6. The third-order valence-corrected chi connectivity index (χ3v) is 7.44. The van der Waals surface area contributed by atoms with Crippen molar-refractivity contribution in [3.63, 3.8) is 0 Å². The molecular formula is C9H12BrClO2S2. The molecule has 1 aromatic rings. The van der Waals surface area contributed by atoms with E-state index in [1.807, 2.05) is 13.0 Å². The van der Waals surface area contributed by atoms with E-state index in [9.17, 15) is 8.42 Å². The Morgan fingerprint density at radius 3 is 2.40 bits per heavy atom. The van der Waals surface area contributed by atoms with Crippen molar-refractivity contribution in [1.82, 2.24) is 0 Å². The molecule has 2 nitrogen and oxygen atoms in total. The highest BCUT2D eigenvalue weighted by Gasteiger charge is 2.26. The molecular weight excluding hydrogens is 320 g/mol. The largest absolute Gasteiger partial charge is 0.229 e. The molecule has 0 aliphatic carbocycles. The molecule has 1 heterocycles. The summed E-state index contributed by atoms with van der Waals surface area (Å²) in [6, 6.07) is 1.92. The summed E-state index contributed by atoms with van der Waals surface area (Å²) in [5, 5.41) is -0.452. The van der Waals surface area contributed by atoms with E-state index in [0.717, 1.165) is 14.8 Å². The number of hydrogen-bond donors (Lipinski definition) is 0. The van der Waals surface area contributed by atoms with Crippen molar-refractivity contribution in [2.24, 2.45) is 0 Å². The predicted octanol–water partition coefficient (Wildman–Crippen LogP) is 3.58. The molecule has 0 N–H and O–H groups in total. The van der Waals surface area contributed by atoms with E-state index in [1.54, 1.807) is 6.92 Å². The minimum atomic E-state index is -3.04. The Balaban J connectivity index is 3.00. The van der Waals surface area contributed by atoms with Gasteiger partial charge in [-0.2, -0.15) is 0 Å². The lowest BCUT2D eigenvalue weighted by Crippen LogP contribution is -2.20. The van der Waals surface area contributed by atoms with Gasteiger partial charge < -0.3 is 0 Å². The van der Waals surface area contributed by atoms with E-state index < -0.39 is 15.1 Å². The van der Waals surface area contributed by atoms with Gasteiger partial charge in [-0.05, 0) is 25.5 Å². The fourth-order valence-corrected chi connectivity index (χ4v) is 4.62. The van der Waals surface area contributed by atoms with E-state index >= 15 is 0 Å². The van der Waals surface area contributed by atoms with Crippen LogP contribution in [0.4, 0.5) is 0 Å². The van der Waals surface area contributed by atoms with Gasteiger partial charge in [0.05, 0.1) is 14.4 Å². The van der Waals surface area contributed by atoms with Crippen molar-refractivity contribution in [3.05, 3.63) is 20.8 Å². The van der Waals surface area contributed by atoms with E-state index in [0.29, 0.717) is 0 Å². The molecule has 0 saturated heterocycles. The standard InChI is InChI=1S/C9H12BrClO2S2/c1-5-4-7(14-9(5)11)8(10)6(2)15(3,12)13/h4,6,8H,1-3H3. The molecule has 2 atom stereocenters. The van der Waals surface area contributed by atoms with Crippen molar-refractivity contribution in [2.45, 2.75) is 23.9 Å². The first-order valence-corrected chi connectivity index (χ1v) is 8.38. The Morgan fingerprint density at radius 2 is 2.07 bits per heavy atom. The van der Waals surface area contributed by atoms with E-state index in [1.165, 1.54) is 17.6 Å². The quantitative estimate of drug-likeness (QED) is 0.793. The van der Waals surface area contributed by atoms with E-state index in [4.69, 9.17) is 11.6 Å². The zero-order chi connectivity index (χ0) is 11.8. The van der Waals surface area contributed by atoms with Crippen LogP contribution in [0.25, 0.3) is 0 Å². The van der Waals surface area contributed by atoms with E-state index in [-0.39, 0.29) is 4.83 Å². The van der Waals surface area contributed by atoms with Crippen molar-refractivity contribution >= 4 is 48.7 Å². The molecule has 0 amide bonds. The van der Waals surface area contributed by atoms with Crippen LogP contribution in [0.5, 0.6) is 0 Å². The van der Waals surface area contributed by atoms with Crippen LogP contribution in [0, 0.1) is 6.92 Å². The van der Waals surface area contributed by atoms with Crippen molar-refractivity contribution in [3.8, 4) is 0 Å². The molecule has 0 fully saturated rings. The monoisotopic (exact) mass is 330 g/mol. The lowest BCUT2D eigenvalue weighted by molar-refractivity contribution is 0.589. The van der Waals surface area contributed by atoms with E-state index in [2.05, 4.69) is 15.9 Å². The maximum atomic E-state index is 11.4. The summed E-state index contributed by atoms with van der Waals surface area (Å²) in [7, 11) is -3.04. The highest BCUT2D eigenvalue weighted by molar-refractivity contribution is 9.09. The summed E-state index contributed by atoms with van der Waals surface area (Å²) in [6.07, 6.45) is 1.24. The number of thiophene rings is 1. The summed E-state index contributed by atoms with van der Waals surface area (Å²) < 4.78 is 23.5. The Bertz CT molecular complexity index is 433. The van der Waals surface area contributed by atoms with Crippen LogP contribution in [0.2, 0.25) is 4.34 Å². The van der Waals surface area contributed by atoms with Gasteiger partial charge in [-0.3, -0.25) is 0 Å². The SMILES string of the molecule is Cc1cc(C(Br)C(C)S(C)(=O)=O)sc1Cl. The lowest BCUT2D eigenvalue weighted by Gasteiger charge is -2.14. The van der Waals surface area contributed by atoms with Crippen LogP contribution in [0.1, 0.15) is 22.2 Å². The van der Waals surface area contributed by atoms with Crippen LogP contribution in [0.15, 0.2) is 6.07 Å². The summed E-state index contributed by atoms with van der Waals surface area (Å²) in [5.74, 6) is 0. The molecule has 1 rings (SSSR count). The van der Waals surface area contributed by atoms with Crippen LogP contribution in [-0.2, 0) is 9.84 Å². The molecule has 0 aliphatic heterocycles. The van der Waals surface area contributed by atoms with Crippen LogP contribution in [-0.4, -0.2) is 19.9 Å². The molecule has 86 valence electrons. The fourth-order valence-electron chi connectivity index (χ4n) is 1.07. The molecule has 6 heteroatoms. The number of rotatable bonds is 3. The normalized spacial score (nSPS) is 16.3. The fraction of sp³-hybridized carbons (Fsp3) is 0.556. The Hall–Kier alpha value is 0.420. The Labute approximate surface area is 108 Å². The predicted molar refractivity (Wildman–Crippen MR) is 70.0 cm³/mol. The highest BCUT2D eigenvalue weighted by Crippen LogP contribution is 2.38. The average molecular weight is 332 g/mol. The summed E-state index contributed by atoms with van der Waals surface area (Å²) >= 11 is 10.8. The maximum absolute atomic E-state index is 11.4. The molecule has 0 radical (unpaired) electrons. The molecule has 0 spiro atoms. The average Bonchev–Trinajstić information content (AvgIpc) is 2.43. The highest BCUT2D eigenvalue weighted by atomic mass is 79.9. The van der Waals surface area contributed by atoms with Gasteiger partial charge in [-0.15, -0.1) is 11.3 Å². The minimum absolute atomic E-state index is 0.191. The molecule has 0 saturated carbocycles. The molecule has 0 aliphatic rings. The van der Waals surface area contributed by atoms with Gasteiger partial charge in [0.25, 0.3) is 0 Å². The lowest BCUT2D eigenvalue weighted by atomic mass is 10.2. The molecule has 0 aromatic carbocycles. The van der Waals surface area contributed by atoms with Gasteiger partial charge in [0.2, 0.25) is 0 Å². The van der Waals surface area contributed by atoms with Gasteiger partial charge in [-0.25, -0.2) is 8.42 Å². The maximum Gasteiger partial charge on any atom is 0.151 e. The summed E-state index contributed by atoms with van der Waals surface area (Å²) in [5.41, 5.74) is 0.988. The Kier molecular flexibility index (Phi) is 4.26. The first-order valence-electron chi connectivity index (χ1n) is 4.32. The second-order valence-electron chi connectivity index (χ2n) is 3.54. The topological polar surface area (TPSA) is 34.1 Å². The number of halogens is 2. The third kappa shape index (κ3) is 3.19. The van der Waals surface area contributed by atoms with Gasteiger partial charge in [0, 0.05) is 11.1 Å². The smallest absolute Gasteiger partial charge is 0.151 e. The zero-order valence-electron chi connectivity index (χ0n) is 8.62. The molecule has 0 bridgehead atoms. The summed E-state index contributed by atoms with van der Waals surface area (Å²) in [6.45, 7) is 3.60.